The van der Waals surface area contributed by atoms with E-state index in [0.29, 0.717) is 12.0 Å². The first kappa shape index (κ1) is 14.9. The Kier molecular flexibility index (Phi) is 4.33. The molecule has 0 bridgehead atoms. The number of hydrogen-bond acceptors (Lipinski definition) is 0. The molecule has 2 aromatic carbocycles. The summed E-state index contributed by atoms with van der Waals surface area (Å²) in [4.78, 5) is 0. The molecule has 0 saturated carbocycles. The van der Waals surface area contributed by atoms with Crippen LogP contribution in [-0.2, 0) is 12.6 Å². The SMILES string of the molecule is C=Cc1ccc(Cc2cccc(C(F)(F)F)c2)c(Br)c1. The third-order valence-electron chi connectivity index (χ3n) is 2.96. The van der Waals surface area contributed by atoms with Crippen molar-refractivity contribution in [1.29, 1.82) is 0 Å². The number of rotatable bonds is 3. The summed E-state index contributed by atoms with van der Waals surface area (Å²) >= 11 is 3.43. The van der Waals surface area contributed by atoms with Gasteiger partial charge in [0.2, 0.25) is 0 Å². The summed E-state index contributed by atoms with van der Waals surface area (Å²) in [6.07, 6.45) is -2.14. The fourth-order valence-electron chi connectivity index (χ4n) is 1.91. The van der Waals surface area contributed by atoms with E-state index in [9.17, 15) is 13.2 Å². The van der Waals surface area contributed by atoms with Gasteiger partial charge in [0.05, 0.1) is 5.56 Å². The van der Waals surface area contributed by atoms with Crippen LogP contribution in [0.3, 0.4) is 0 Å². The molecule has 0 radical (unpaired) electrons. The third-order valence-corrected chi connectivity index (χ3v) is 3.70. The van der Waals surface area contributed by atoms with Gasteiger partial charge in [-0.1, -0.05) is 58.9 Å². The lowest BCUT2D eigenvalue weighted by Gasteiger charge is -2.10. The molecular formula is C16H12BrF3. The zero-order valence-corrected chi connectivity index (χ0v) is 12.1. The van der Waals surface area contributed by atoms with Crippen LogP contribution in [-0.4, -0.2) is 0 Å². The lowest BCUT2D eigenvalue weighted by Crippen LogP contribution is -2.05. The summed E-state index contributed by atoms with van der Waals surface area (Å²) in [6.45, 7) is 3.68. The summed E-state index contributed by atoms with van der Waals surface area (Å²) in [5.74, 6) is 0. The molecule has 0 N–H and O–H groups in total. The second kappa shape index (κ2) is 5.83. The fourth-order valence-corrected chi connectivity index (χ4v) is 2.45. The molecule has 0 heterocycles. The van der Waals surface area contributed by atoms with E-state index >= 15 is 0 Å². The van der Waals surface area contributed by atoms with E-state index in [1.54, 1.807) is 12.1 Å². The van der Waals surface area contributed by atoms with Crippen LogP contribution in [0.1, 0.15) is 22.3 Å². The Labute approximate surface area is 124 Å². The molecule has 2 rings (SSSR count). The Morgan fingerprint density at radius 3 is 2.45 bits per heavy atom. The average Bonchev–Trinajstić information content (AvgIpc) is 2.40. The van der Waals surface area contributed by atoms with Crippen LogP contribution >= 0.6 is 15.9 Å². The van der Waals surface area contributed by atoms with E-state index in [4.69, 9.17) is 0 Å². The predicted molar refractivity (Wildman–Crippen MR) is 78.5 cm³/mol. The lowest BCUT2D eigenvalue weighted by molar-refractivity contribution is -0.137. The monoisotopic (exact) mass is 340 g/mol. The van der Waals surface area contributed by atoms with Crippen molar-refractivity contribution in [2.75, 3.05) is 0 Å². The van der Waals surface area contributed by atoms with Gasteiger partial charge in [0.15, 0.2) is 0 Å². The molecule has 0 aliphatic rings. The number of alkyl halides is 3. The van der Waals surface area contributed by atoms with Crippen LogP contribution in [0, 0.1) is 0 Å². The molecule has 20 heavy (non-hydrogen) atoms. The molecule has 2 aromatic rings. The first-order valence-electron chi connectivity index (χ1n) is 5.97. The van der Waals surface area contributed by atoms with E-state index in [1.165, 1.54) is 12.1 Å². The highest BCUT2D eigenvalue weighted by Gasteiger charge is 2.30. The normalized spacial score (nSPS) is 11.4. The first-order valence-corrected chi connectivity index (χ1v) is 6.76. The highest BCUT2D eigenvalue weighted by atomic mass is 79.9. The lowest BCUT2D eigenvalue weighted by atomic mass is 10.0. The minimum Gasteiger partial charge on any atom is -0.166 e. The van der Waals surface area contributed by atoms with Crippen molar-refractivity contribution in [2.45, 2.75) is 12.6 Å². The maximum atomic E-state index is 12.7. The van der Waals surface area contributed by atoms with Gasteiger partial charge in [-0.05, 0) is 35.2 Å². The first-order chi connectivity index (χ1) is 9.40. The van der Waals surface area contributed by atoms with Gasteiger partial charge in [0.1, 0.15) is 0 Å². The van der Waals surface area contributed by atoms with Crippen molar-refractivity contribution in [3.8, 4) is 0 Å². The van der Waals surface area contributed by atoms with Crippen molar-refractivity contribution in [2.24, 2.45) is 0 Å². The van der Waals surface area contributed by atoms with Crippen LogP contribution in [0.15, 0.2) is 53.5 Å². The van der Waals surface area contributed by atoms with Gasteiger partial charge < -0.3 is 0 Å². The molecule has 0 spiro atoms. The van der Waals surface area contributed by atoms with Crippen molar-refractivity contribution in [3.63, 3.8) is 0 Å². The van der Waals surface area contributed by atoms with Gasteiger partial charge in [-0.3, -0.25) is 0 Å². The minimum atomic E-state index is -4.31. The zero-order valence-electron chi connectivity index (χ0n) is 10.5. The summed E-state index contributed by atoms with van der Waals surface area (Å²) < 4.78 is 38.9. The predicted octanol–water partition coefficient (Wildman–Crippen LogP) is 5.70. The molecular weight excluding hydrogens is 329 g/mol. The Morgan fingerprint density at radius 2 is 1.85 bits per heavy atom. The van der Waals surface area contributed by atoms with Crippen LogP contribution in [0.4, 0.5) is 13.2 Å². The van der Waals surface area contributed by atoms with Gasteiger partial charge >= 0.3 is 6.18 Å². The molecule has 0 unspecified atom stereocenters. The quantitative estimate of drug-likeness (QED) is 0.672. The number of benzene rings is 2. The third kappa shape index (κ3) is 3.51. The molecule has 4 heteroatoms. The molecule has 0 amide bonds. The molecule has 0 aliphatic heterocycles. The summed E-state index contributed by atoms with van der Waals surface area (Å²) in [5, 5.41) is 0. The van der Waals surface area contributed by atoms with Gasteiger partial charge in [-0.2, -0.15) is 13.2 Å². The van der Waals surface area contributed by atoms with Gasteiger partial charge in [-0.15, -0.1) is 0 Å². The van der Waals surface area contributed by atoms with E-state index in [-0.39, 0.29) is 0 Å². The van der Waals surface area contributed by atoms with E-state index in [1.807, 2.05) is 18.2 Å². The fraction of sp³-hybridized carbons (Fsp3) is 0.125. The van der Waals surface area contributed by atoms with E-state index in [2.05, 4.69) is 22.5 Å². The van der Waals surface area contributed by atoms with Gasteiger partial charge in [-0.25, -0.2) is 0 Å². The Morgan fingerprint density at radius 1 is 1.10 bits per heavy atom. The molecule has 0 nitrogen and oxygen atoms in total. The molecule has 0 atom stereocenters. The maximum Gasteiger partial charge on any atom is 0.416 e. The van der Waals surface area contributed by atoms with Crippen LogP contribution in [0.2, 0.25) is 0 Å². The summed E-state index contributed by atoms with van der Waals surface area (Å²) in [5.41, 5.74) is 1.92. The Bertz CT molecular complexity index is 630. The molecule has 0 aliphatic carbocycles. The van der Waals surface area contributed by atoms with Crippen molar-refractivity contribution in [1.82, 2.24) is 0 Å². The van der Waals surface area contributed by atoms with Gasteiger partial charge in [0.25, 0.3) is 0 Å². The Hall–Kier alpha value is -1.55. The molecule has 0 fully saturated rings. The smallest absolute Gasteiger partial charge is 0.166 e. The highest BCUT2D eigenvalue weighted by Crippen LogP contribution is 2.30. The van der Waals surface area contributed by atoms with Crippen molar-refractivity contribution in [3.05, 3.63) is 75.8 Å². The highest BCUT2D eigenvalue weighted by molar-refractivity contribution is 9.10. The molecule has 0 saturated heterocycles. The van der Waals surface area contributed by atoms with Crippen molar-refractivity contribution >= 4 is 22.0 Å². The second-order valence-electron chi connectivity index (χ2n) is 4.43. The molecule has 0 aromatic heterocycles. The largest absolute Gasteiger partial charge is 0.416 e. The van der Waals surface area contributed by atoms with E-state index < -0.39 is 11.7 Å². The van der Waals surface area contributed by atoms with E-state index in [0.717, 1.165) is 21.7 Å². The van der Waals surface area contributed by atoms with Crippen molar-refractivity contribution < 1.29 is 13.2 Å². The maximum absolute atomic E-state index is 12.7. The van der Waals surface area contributed by atoms with Crippen LogP contribution < -0.4 is 0 Å². The van der Waals surface area contributed by atoms with Crippen LogP contribution in [0.25, 0.3) is 6.08 Å². The number of halogens is 4. The summed E-state index contributed by atoms with van der Waals surface area (Å²) in [6, 6.07) is 11.1. The summed E-state index contributed by atoms with van der Waals surface area (Å²) in [7, 11) is 0. The van der Waals surface area contributed by atoms with Gasteiger partial charge in [0, 0.05) is 4.47 Å². The molecule has 104 valence electrons. The zero-order chi connectivity index (χ0) is 14.8. The second-order valence-corrected chi connectivity index (χ2v) is 5.28. The van der Waals surface area contributed by atoms with Crippen LogP contribution in [0.5, 0.6) is 0 Å². The topological polar surface area (TPSA) is 0 Å². The minimum absolute atomic E-state index is 0.446. The average molecular weight is 341 g/mol. The number of hydrogen-bond donors (Lipinski definition) is 0. The standard InChI is InChI=1S/C16H12BrF3/c1-2-11-6-7-13(15(17)10-11)8-12-4-3-5-14(9-12)16(18,19)20/h2-7,9-10H,1,8H2. The Balaban J connectivity index is 2.28.